The Labute approximate surface area is 101 Å². The van der Waals surface area contributed by atoms with Gasteiger partial charge < -0.3 is 5.32 Å². The van der Waals surface area contributed by atoms with Crippen LogP contribution in [-0.4, -0.2) is 12.6 Å². The predicted molar refractivity (Wildman–Crippen MR) is 64.9 cm³/mol. The summed E-state index contributed by atoms with van der Waals surface area (Å²) < 4.78 is 27.2. The summed E-state index contributed by atoms with van der Waals surface area (Å²) in [7, 11) is 0. The van der Waals surface area contributed by atoms with Crippen LogP contribution in [0, 0.1) is 17.0 Å². The highest BCUT2D eigenvalue weighted by atomic mass is 19.1. The molecule has 0 radical (unpaired) electrons. The molecule has 0 amide bonds. The minimum Gasteiger partial charge on any atom is -0.314 e. The standard InChI is InChI=1S/C14H19F2N/c1-3-17-10(2)14(7-8-14)9-11-12(15)5-4-6-13(11)16/h4-6,10,17H,3,7-9H2,1-2H3. The van der Waals surface area contributed by atoms with Gasteiger partial charge in [0.1, 0.15) is 11.6 Å². The van der Waals surface area contributed by atoms with Crippen molar-refractivity contribution in [3.63, 3.8) is 0 Å². The van der Waals surface area contributed by atoms with Gasteiger partial charge in [0.15, 0.2) is 0 Å². The van der Waals surface area contributed by atoms with Crippen LogP contribution in [0.25, 0.3) is 0 Å². The topological polar surface area (TPSA) is 12.0 Å². The molecule has 1 aromatic rings. The molecule has 0 aliphatic heterocycles. The quantitative estimate of drug-likeness (QED) is 0.831. The van der Waals surface area contributed by atoms with Crippen molar-refractivity contribution in [1.29, 1.82) is 0 Å². The molecule has 1 N–H and O–H groups in total. The molecule has 1 aliphatic rings. The lowest BCUT2D eigenvalue weighted by Gasteiger charge is -2.24. The van der Waals surface area contributed by atoms with Crippen molar-refractivity contribution in [2.45, 2.75) is 39.2 Å². The van der Waals surface area contributed by atoms with Gasteiger partial charge in [0.25, 0.3) is 0 Å². The van der Waals surface area contributed by atoms with E-state index in [1.807, 2.05) is 0 Å². The molecular weight excluding hydrogens is 220 g/mol. The molecule has 1 aromatic carbocycles. The van der Waals surface area contributed by atoms with Gasteiger partial charge in [-0.1, -0.05) is 13.0 Å². The molecule has 17 heavy (non-hydrogen) atoms. The molecule has 0 spiro atoms. The molecule has 0 aromatic heterocycles. The predicted octanol–water partition coefficient (Wildman–Crippen LogP) is 3.29. The van der Waals surface area contributed by atoms with Crippen LogP contribution in [0.4, 0.5) is 8.78 Å². The first-order valence-corrected chi connectivity index (χ1v) is 6.25. The second-order valence-corrected chi connectivity index (χ2v) is 5.02. The molecule has 1 nitrogen and oxygen atoms in total. The third kappa shape index (κ3) is 2.49. The number of hydrogen-bond acceptors (Lipinski definition) is 1. The van der Waals surface area contributed by atoms with Gasteiger partial charge >= 0.3 is 0 Å². The minimum atomic E-state index is -0.417. The molecule has 0 saturated heterocycles. The maximum atomic E-state index is 13.6. The Morgan fingerprint density at radius 1 is 1.29 bits per heavy atom. The lowest BCUT2D eigenvalue weighted by atomic mass is 9.89. The van der Waals surface area contributed by atoms with Crippen LogP contribution in [0.1, 0.15) is 32.3 Å². The second kappa shape index (κ2) is 4.73. The van der Waals surface area contributed by atoms with Gasteiger partial charge in [0.2, 0.25) is 0 Å². The average molecular weight is 239 g/mol. The van der Waals surface area contributed by atoms with E-state index in [1.54, 1.807) is 0 Å². The van der Waals surface area contributed by atoms with E-state index in [1.165, 1.54) is 18.2 Å². The van der Waals surface area contributed by atoms with E-state index in [0.717, 1.165) is 19.4 Å². The lowest BCUT2D eigenvalue weighted by Crippen LogP contribution is -2.36. The summed E-state index contributed by atoms with van der Waals surface area (Å²) in [5.41, 5.74) is 0.300. The van der Waals surface area contributed by atoms with Crippen LogP contribution in [-0.2, 0) is 6.42 Å². The fourth-order valence-electron chi connectivity index (χ4n) is 2.50. The van der Waals surface area contributed by atoms with E-state index in [4.69, 9.17) is 0 Å². The molecule has 1 fully saturated rings. The van der Waals surface area contributed by atoms with Gasteiger partial charge in [-0.25, -0.2) is 8.78 Å². The molecule has 2 rings (SSSR count). The smallest absolute Gasteiger partial charge is 0.129 e. The number of halogens is 2. The number of nitrogens with one attached hydrogen (secondary N) is 1. The first-order valence-electron chi connectivity index (χ1n) is 6.25. The Bertz CT molecular complexity index is 379. The Balaban J connectivity index is 2.15. The van der Waals surface area contributed by atoms with Crippen LogP contribution in [0.5, 0.6) is 0 Å². The van der Waals surface area contributed by atoms with Crippen LogP contribution in [0.2, 0.25) is 0 Å². The summed E-state index contributed by atoms with van der Waals surface area (Å²) in [6.45, 7) is 5.05. The van der Waals surface area contributed by atoms with Crippen molar-refractivity contribution in [3.8, 4) is 0 Å². The van der Waals surface area contributed by atoms with Crippen LogP contribution < -0.4 is 5.32 Å². The maximum absolute atomic E-state index is 13.6. The van der Waals surface area contributed by atoms with Crippen molar-refractivity contribution in [2.75, 3.05) is 6.54 Å². The molecule has 1 saturated carbocycles. The normalized spacial score (nSPS) is 19.1. The SMILES string of the molecule is CCNC(C)C1(Cc2c(F)cccc2F)CC1. The Morgan fingerprint density at radius 3 is 2.35 bits per heavy atom. The minimum absolute atomic E-state index is 0.0546. The molecule has 1 aliphatic carbocycles. The van der Waals surface area contributed by atoms with Crippen molar-refractivity contribution in [3.05, 3.63) is 35.4 Å². The summed E-state index contributed by atoms with van der Waals surface area (Å²) in [4.78, 5) is 0. The number of hydrogen-bond donors (Lipinski definition) is 1. The molecule has 0 bridgehead atoms. The van der Waals surface area contributed by atoms with Gasteiger partial charge in [-0.2, -0.15) is 0 Å². The second-order valence-electron chi connectivity index (χ2n) is 5.02. The van der Waals surface area contributed by atoms with Gasteiger partial charge in [-0.05, 0) is 50.3 Å². The Kier molecular flexibility index (Phi) is 3.48. The highest BCUT2D eigenvalue weighted by molar-refractivity contribution is 5.23. The monoisotopic (exact) mass is 239 g/mol. The summed E-state index contributed by atoms with van der Waals surface area (Å²) in [5, 5.41) is 3.36. The van der Waals surface area contributed by atoms with Gasteiger partial charge in [-0.3, -0.25) is 0 Å². The molecule has 94 valence electrons. The fourth-order valence-corrected chi connectivity index (χ4v) is 2.50. The first kappa shape index (κ1) is 12.5. The van der Waals surface area contributed by atoms with E-state index in [2.05, 4.69) is 19.2 Å². The van der Waals surface area contributed by atoms with Crippen molar-refractivity contribution in [2.24, 2.45) is 5.41 Å². The summed E-state index contributed by atoms with van der Waals surface area (Å²) in [6, 6.07) is 4.41. The van der Waals surface area contributed by atoms with Crippen molar-refractivity contribution >= 4 is 0 Å². The Morgan fingerprint density at radius 2 is 1.88 bits per heavy atom. The van der Waals surface area contributed by atoms with Crippen LogP contribution >= 0.6 is 0 Å². The average Bonchev–Trinajstić information content (AvgIpc) is 3.05. The van der Waals surface area contributed by atoms with E-state index >= 15 is 0 Å². The lowest BCUT2D eigenvalue weighted by molar-refractivity contribution is 0.346. The summed E-state index contributed by atoms with van der Waals surface area (Å²) >= 11 is 0. The zero-order valence-corrected chi connectivity index (χ0v) is 10.4. The van der Waals surface area contributed by atoms with Gasteiger partial charge in [-0.15, -0.1) is 0 Å². The van der Waals surface area contributed by atoms with Crippen LogP contribution in [0.3, 0.4) is 0 Å². The van der Waals surface area contributed by atoms with Crippen LogP contribution in [0.15, 0.2) is 18.2 Å². The molecule has 3 heteroatoms. The van der Waals surface area contributed by atoms with E-state index in [0.29, 0.717) is 12.5 Å². The van der Waals surface area contributed by atoms with Gasteiger partial charge in [0.05, 0.1) is 0 Å². The molecule has 1 unspecified atom stereocenters. The van der Waals surface area contributed by atoms with E-state index in [-0.39, 0.29) is 11.0 Å². The number of benzene rings is 1. The van der Waals surface area contributed by atoms with Gasteiger partial charge in [0, 0.05) is 11.6 Å². The molecule has 0 heterocycles. The number of rotatable bonds is 5. The largest absolute Gasteiger partial charge is 0.314 e. The summed E-state index contributed by atoms with van der Waals surface area (Å²) in [6.07, 6.45) is 2.60. The van der Waals surface area contributed by atoms with Crippen molar-refractivity contribution in [1.82, 2.24) is 5.32 Å². The molecular formula is C14H19F2N. The third-order valence-corrected chi connectivity index (χ3v) is 3.91. The highest BCUT2D eigenvalue weighted by Crippen LogP contribution is 2.51. The maximum Gasteiger partial charge on any atom is 0.129 e. The first-order chi connectivity index (χ1) is 8.09. The zero-order chi connectivity index (χ0) is 12.5. The Hall–Kier alpha value is -0.960. The van der Waals surface area contributed by atoms with E-state index < -0.39 is 11.6 Å². The highest BCUT2D eigenvalue weighted by Gasteiger charge is 2.47. The fraction of sp³-hybridized carbons (Fsp3) is 0.571. The van der Waals surface area contributed by atoms with E-state index in [9.17, 15) is 8.78 Å². The molecule has 1 atom stereocenters. The van der Waals surface area contributed by atoms with Crippen molar-refractivity contribution < 1.29 is 8.78 Å². The summed E-state index contributed by atoms with van der Waals surface area (Å²) in [5.74, 6) is -0.833. The zero-order valence-electron chi connectivity index (χ0n) is 10.4. The third-order valence-electron chi connectivity index (χ3n) is 3.91.